The summed E-state index contributed by atoms with van der Waals surface area (Å²) in [6.45, 7) is 5.99. The summed E-state index contributed by atoms with van der Waals surface area (Å²) in [6, 6.07) is 11.2. The number of benzene rings is 2. The number of aryl methyl sites for hydroxylation is 1. The average Bonchev–Trinajstić information content (AvgIpc) is 3.71. The summed E-state index contributed by atoms with van der Waals surface area (Å²) in [5.74, 6) is 0.129. The van der Waals surface area contributed by atoms with Gasteiger partial charge in [0.1, 0.15) is 0 Å². The van der Waals surface area contributed by atoms with E-state index in [2.05, 4.69) is 25.9 Å². The highest BCUT2D eigenvalue weighted by Gasteiger charge is 2.48. The molecular weight excluding hydrogens is 547 g/mol. The van der Waals surface area contributed by atoms with Crippen molar-refractivity contribution in [1.29, 1.82) is 0 Å². The topological polar surface area (TPSA) is 61.4 Å². The minimum absolute atomic E-state index is 0.0556. The van der Waals surface area contributed by atoms with Crippen LogP contribution in [0.5, 0.6) is 0 Å². The maximum Gasteiger partial charge on any atom is 0.416 e. The number of carbonyl (C=O) groups is 1. The minimum Gasteiger partial charge on any atom is -0.316 e. The molecular formula is C31H34F3N5OS. The van der Waals surface area contributed by atoms with Crippen molar-refractivity contribution in [2.24, 2.45) is 11.3 Å². The number of nitrogens with zero attached hydrogens (tertiary/aromatic N) is 4. The molecule has 41 heavy (non-hydrogen) atoms. The van der Waals surface area contributed by atoms with Crippen LogP contribution in [0.1, 0.15) is 81.7 Å². The highest BCUT2D eigenvalue weighted by molar-refractivity contribution is 7.05. The van der Waals surface area contributed by atoms with Crippen molar-refractivity contribution in [3.05, 3.63) is 75.3 Å². The largest absolute Gasteiger partial charge is 0.416 e. The second kappa shape index (κ2) is 10.2. The Labute approximate surface area is 242 Å². The third-order valence-electron chi connectivity index (χ3n) is 9.90. The Morgan fingerprint density at radius 3 is 2.68 bits per heavy atom. The van der Waals surface area contributed by atoms with Crippen LogP contribution in [-0.2, 0) is 6.18 Å². The molecule has 3 atom stereocenters. The first-order chi connectivity index (χ1) is 19.7. The zero-order valence-electron chi connectivity index (χ0n) is 23.1. The molecule has 2 aromatic carbocycles. The number of hydrogen-bond acceptors (Lipinski definition) is 6. The summed E-state index contributed by atoms with van der Waals surface area (Å²) in [5.41, 5.74) is 2.38. The molecule has 1 spiro atoms. The Morgan fingerprint density at radius 2 is 2.00 bits per heavy atom. The molecule has 1 N–H and O–H groups in total. The van der Waals surface area contributed by atoms with Crippen LogP contribution in [0.3, 0.4) is 0 Å². The van der Waals surface area contributed by atoms with Crippen LogP contribution in [0.4, 0.5) is 18.9 Å². The fourth-order valence-corrected chi connectivity index (χ4v) is 8.13. The van der Waals surface area contributed by atoms with Crippen molar-refractivity contribution in [2.45, 2.75) is 57.2 Å². The fraction of sp³-hybridized carbons (Fsp3) is 0.516. The molecule has 1 unspecified atom stereocenters. The number of halogens is 3. The lowest BCUT2D eigenvalue weighted by Gasteiger charge is -2.35. The molecule has 1 aliphatic carbocycles. The van der Waals surface area contributed by atoms with Crippen LogP contribution in [0.2, 0.25) is 0 Å². The van der Waals surface area contributed by atoms with Gasteiger partial charge in [-0.2, -0.15) is 13.2 Å². The Morgan fingerprint density at radius 1 is 1.17 bits per heavy atom. The number of nitrogens with one attached hydrogen (secondary N) is 1. The van der Waals surface area contributed by atoms with E-state index in [1.165, 1.54) is 24.0 Å². The van der Waals surface area contributed by atoms with Gasteiger partial charge in [0, 0.05) is 47.2 Å². The summed E-state index contributed by atoms with van der Waals surface area (Å²) in [7, 11) is 0. The molecule has 6 nitrogen and oxygen atoms in total. The van der Waals surface area contributed by atoms with E-state index in [0.29, 0.717) is 18.2 Å². The van der Waals surface area contributed by atoms with E-state index >= 15 is 0 Å². The number of carbonyl (C=O) groups excluding carboxylic acids is 1. The lowest BCUT2D eigenvalue weighted by atomic mass is 9.71. The molecule has 1 aromatic heterocycles. The van der Waals surface area contributed by atoms with Crippen LogP contribution in [0, 0.1) is 18.3 Å². The van der Waals surface area contributed by atoms with Crippen molar-refractivity contribution in [2.75, 3.05) is 37.6 Å². The van der Waals surface area contributed by atoms with Crippen LogP contribution in [0.15, 0.2) is 42.5 Å². The molecule has 7 rings (SSSR count). The number of aromatic nitrogens is 2. The predicted octanol–water partition coefficient (Wildman–Crippen LogP) is 6.18. The van der Waals surface area contributed by atoms with Crippen molar-refractivity contribution in [3.8, 4) is 0 Å². The molecule has 0 radical (unpaired) electrons. The van der Waals surface area contributed by atoms with Gasteiger partial charge in [-0.1, -0.05) is 29.1 Å². The first-order valence-corrected chi connectivity index (χ1v) is 15.4. The van der Waals surface area contributed by atoms with Gasteiger partial charge < -0.3 is 10.2 Å². The Hall–Kier alpha value is -2.82. The number of hydrogen-bond donors (Lipinski definition) is 1. The molecule has 3 aliphatic heterocycles. The zero-order valence-corrected chi connectivity index (χ0v) is 23.9. The van der Waals surface area contributed by atoms with Gasteiger partial charge in [0.05, 0.1) is 17.3 Å². The fourth-order valence-electron chi connectivity index (χ4n) is 7.62. The second-order valence-corrected chi connectivity index (χ2v) is 13.3. The smallest absolute Gasteiger partial charge is 0.316 e. The van der Waals surface area contributed by atoms with Gasteiger partial charge in [-0.15, -0.1) is 5.10 Å². The number of alkyl halides is 3. The maximum absolute atomic E-state index is 14.4. The molecule has 10 heteroatoms. The van der Waals surface area contributed by atoms with E-state index in [4.69, 9.17) is 0 Å². The van der Waals surface area contributed by atoms with E-state index < -0.39 is 17.8 Å². The summed E-state index contributed by atoms with van der Waals surface area (Å²) in [5, 5.41) is 7.94. The number of anilines is 1. The monoisotopic (exact) mass is 581 g/mol. The first kappa shape index (κ1) is 27.0. The summed E-state index contributed by atoms with van der Waals surface area (Å²) < 4.78 is 47.3. The van der Waals surface area contributed by atoms with Gasteiger partial charge in [0.25, 0.3) is 5.91 Å². The van der Waals surface area contributed by atoms with E-state index in [0.717, 1.165) is 74.1 Å². The molecule has 1 amide bonds. The van der Waals surface area contributed by atoms with Crippen LogP contribution < -0.4 is 10.2 Å². The Balaban J connectivity index is 1.29. The first-order valence-electron chi connectivity index (χ1n) is 14.6. The van der Waals surface area contributed by atoms with Gasteiger partial charge in [0.15, 0.2) is 0 Å². The van der Waals surface area contributed by atoms with E-state index in [9.17, 15) is 18.0 Å². The second-order valence-electron chi connectivity index (χ2n) is 12.3. The number of likely N-dealkylation sites (tertiary alicyclic amines) is 1. The zero-order chi connectivity index (χ0) is 28.4. The Bertz CT molecular complexity index is 1460. The van der Waals surface area contributed by atoms with Gasteiger partial charge in [-0.3, -0.25) is 9.69 Å². The van der Waals surface area contributed by atoms with Crippen molar-refractivity contribution < 1.29 is 18.0 Å². The Kier molecular flexibility index (Phi) is 6.71. The molecule has 216 valence electrons. The van der Waals surface area contributed by atoms with Crippen LogP contribution in [0.25, 0.3) is 0 Å². The number of rotatable bonds is 6. The standard InChI is InChI=1S/C31H34F3N5OS/c1-19-28(36-37-41-19)26(20-5-2-6-20)21-7-3-8-22(15-21)39-25(16-38-14-12-30(18-38)11-13-35-17-30)27-23(29(39)40)9-4-10-24(27)31(32,33)34/h3-4,7-10,15,20,25-26,35H,2,5-6,11-14,16-18H2,1H3/t25?,26-,30+/m1/s1. The van der Waals surface area contributed by atoms with Crippen LogP contribution in [-0.4, -0.2) is 53.1 Å². The highest BCUT2D eigenvalue weighted by atomic mass is 32.1. The van der Waals surface area contributed by atoms with E-state index in [-0.39, 0.29) is 28.4 Å². The lowest BCUT2D eigenvalue weighted by molar-refractivity contribution is -0.138. The molecule has 4 aliphatic rings. The van der Waals surface area contributed by atoms with Crippen molar-refractivity contribution >= 4 is 23.1 Å². The molecule has 1 saturated carbocycles. The van der Waals surface area contributed by atoms with Crippen molar-refractivity contribution in [1.82, 2.24) is 19.8 Å². The van der Waals surface area contributed by atoms with E-state index in [1.54, 1.807) is 11.0 Å². The predicted molar refractivity (Wildman–Crippen MR) is 152 cm³/mol. The average molecular weight is 582 g/mol. The SMILES string of the molecule is Cc1snnc1[C@@H](c1cccc(N2C(=O)c3cccc(C(F)(F)F)c3C2CN2CC[C@]3(CCNC3)C2)c1)C1CCC1. The minimum atomic E-state index is -4.55. The number of fused-ring (bicyclic) bond motifs is 1. The van der Waals surface area contributed by atoms with E-state index in [1.807, 2.05) is 25.1 Å². The van der Waals surface area contributed by atoms with Gasteiger partial charge in [-0.05, 0) is 98.4 Å². The maximum atomic E-state index is 14.4. The summed E-state index contributed by atoms with van der Waals surface area (Å²) >= 11 is 1.39. The van der Waals surface area contributed by atoms with Gasteiger partial charge in [-0.25, -0.2) is 0 Å². The molecule has 3 aromatic rings. The molecule has 2 saturated heterocycles. The third kappa shape index (κ3) is 4.68. The van der Waals surface area contributed by atoms with Gasteiger partial charge >= 0.3 is 6.18 Å². The number of amides is 1. The highest BCUT2D eigenvalue weighted by Crippen LogP contribution is 2.48. The summed E-state index contributed by atoms with van der Waals surface area (Å²) in [6.07, 6.45) is 0.928. The molecule has 0 bridgehead atoms. The summed E-state index contributed by atoms with van der Waals surface area (Å²) in [4.78, 5) is 19.0. The van der Waals surface area contributed by atoms with Crippen molar-refractivity contribution in [3.63, 3.8) is 0 Å². The van der Waals surface area contributed by atoms with Crippen LogP contribution >= 0.6 is 11.5 Å². The van der Waals surface area contributed by atoms with Gasteiger partial charge in [0.2, 0.25) is 0 Å². The molecule has 4 heterocycles. The normalized spacial score (nSPS) is 25.7. The third-order valence-corrected chi connectivity index (χ3v) is 10.5. The lowest BCUT2D eigenvalue weighted by Crippen LogP contribution is -2.38. The molecule has 3 fully saturated rings. The quantitative estimate of drug-likeness (QED) is 0.377.